The van der Waals surface area contributed by atoms with Crippen molar-refractivity contribution >= 4 is 23.6 Å². The second-order valence-electron chi connectivity index (χ2n) is 1.53. The number of hydrogen-bond donors (Lipinski definition) is 1. The van der Waals surface area contributed by atoms with Gasteiger partial charge in [-0.1, -0.05) is 27.7 Å². The predicted molar refractivity (Wildman–Crippen MR) is 57.4 cm³/mol. The molecule has 13 heavy (non-hydrogen) atoms. The fourth-order valence-electron chi connectivity index (χ4n) is 0.546. The normalized spacial score (nSPS) is 13.2. The first-order valence-electron chi connectivity index (χ1n) is 4.35. The Hall–Kier alpha value is -0.770. The molecule has 0 aromatic heterocycles. The summed E-state index contributed by atoms with van der Waals surface area (Å²) in [6.07, 6.45) is 3.05. The minimum Gasteiger partial charge on any atom is -0.288 e. The third kappa shape index (κ3) is 5.47. The predicted octanol–water partition coefficient (Wildman–Crippen LogP) is 1.94. The lowest BCUT2D eigenvalue weighted by Gasteiger charge is -1.88. The third-order valence-corrected chi connectivity index (χ3v) is 1.69. The molecule has 0 aromatic carbocycles. The lowest BCUT2D eigenvalue weighted by Crippen LogP contribution is -2.21. The highest BCUT2D eigenvalue weighted by Gasteiger charge is 2.18. The standard InChI is InChI=1S/C5H5NO2S.2C2H6/c1-9-3-2-4(7)6-5(3)8;2*1-2/h2H,1H3,(H,6,7,8);2*1-2H3. The average Bonchev–Trinajstić information content (AvgIpc) is 2.51. The van der Waals surface area contributed by atoms with Crippen LogP contribution in [0.5, 0.6) is 0 Å². The molecule has 1 aliphatic heterocycles. The van der Waals surface area contributed by atoms with Crippen LogP contribution in [0.2, 0.25) is 0 Å². The smallest absolute Gasteiger partial charge is 0.264 e. The van der Waals surface area contributed by atoms with Gasteiger partial charge in [0.05, 0.1) is 4.91 Å². The summed E-state index contributed by atoms with van der Waals surface area (Å²) >= 11 is 1.27. The fourth-order valence-corrected chi connectivity index (χ4v) is 1.01. The maximum atomic E-state index is 10.6. The molecule has 0 bridgehead atoms. The maximum Gasteiger partial charge on any atom is 0.264 e. The number of carbonyl (C=O) groups excluding carboxylic acids is 2. The van der Waals surface area contributed by atoms with E-state index >= 15 is 0 Å². The molecular weight excluding hydrogens is 186 g/mol. The molecule has 0 saturated heterocycles. The summed E-state index contributed by atoms with van der Waals surface area (Å²) < 4.78 is 0. The van der Waals surface area contributed by atoms with Crippen LogP contribution in [0.25, 0.3) is 0 Å². The van der Waals surface area contributed by atoms with Crippen LogP contribution in [-0.4, -0.2) is 18.1 Å². The summed E-state index contributed by atoms with van der Waals surface area (Å²) in [5, 5.41) is 2.13. The van der Waals surface area contributed by atoms with Gasteiger partial charge >= 0.3 is 0 Å². The average molecular weight is 203 g/mol. The Kier molecular flexibility index (Phi) is 10.6. The number of amides is 2. The Morgan fingerprint density at radius 1 is 1.15 bits per heavy atom. The molecule has 0 spiro atoms. The molecular formula is C9H17NO2S. The van der Waals surface area contributed by atoms with Crippen molar-refractivity contribution in [3.05, 3.63) is 11.0 Å². The van der Waals surface area contributed by atoms with Gasteiger partial charge in [0.1, 0.15) is 0 Å². The first-order valence-corrected chi connectivity index (χ1v) is 5.57. The first kappa shape index (κ1) is 14.7. The summed E-state index contributed by atoms with van der Waals surface area (Å²) in [6, 6.07) is 0. The molecule has 76 valence electrons. The Labute approximate surface area is 84.0 Å². The Morgan fingerprint density at radius 2 is 1.62 bits per heavy atom. The molecule has 0 unspecified atom stereocenters. The van der Waals surface area contributed by atoms with E-state index in [-0.39, 0.29) is 11.8 Å². The number of rotatable bonds is 1. The number of hydrogen-bond acceptors (Lipinski definition) is 3. The highest BCUT2D eigenvalue weighted by Crippen LogP contribution is 2.14. The van der Waals surface area contributed by atoms with E-state index in [0.717, 1.165) is 0 Å². The van der Waals surface area contributed by atoms with Crippen molar-refractivity contribution in [1.29, 1.82) is 0 Å². The second-order valence-corrected chi connectivity index (χ2v) is 2.38. The van der Waals surface area contributed by atoms with Gasteiger partial charge in [-0.25, -0.2) is 0 Å². The van der Waals surface area contributed by atoms with Crippen LogP contribution in [0, 0.1) is 0 Å². The largest absolute Gasteiger partial charge is 0.288 e. The Bertz CT molecular complexity index is 200. The highest BCUT2D eigenvalue weighted by molar-refractivity contribution is 8.03. The van der Waals surface area contributed by atoms with Gasteiger partial charge in [-0.05, 0) is 6.26 Å². The summed E-state index contributed by atoms with van der Waals surface area (Å²) in [5.74, 6) is -0.600. The number of thioether (sulfide) groups is 1. The van der Waals surface area contributed by atoms with Crippen molar-refractivity contribution < 1.29 is 9.59 Å². The van der Waals surface area contributed by atoms with E-state index in [1.54, 1.807) is 6.26 Å². The highest BCUT2D eigenvalue weighted by atomic mass is 32.2. The molecule has 0 aromatic rings. The van der Waals surface area contributed by atoms with Gasteiger partial charge in [-0.15, -0.1) is 11.8 Å². The minimum atomic E-state index is -0.315. The number of imide groups is 1. The van der Waals surface area contributed by atoms with E-state index in [1.165, 1.54) is 17.8 Å². The molecule has 1 N–H and O–H groups in total. The molecule has 3 nitrogen and oxygen atoms in total. The molecule has 0 fully saturated rings. The van der Waals surface area contributed by atoms with Crippen molar-refractivity contribution in [1.82, 2.24) is 5.32 Å². The van der Waals surface area contributed by atoms with Crippen LogP contribution >= 0.6 is 11.8 Å². The SMILES string of the molecule is CC.CC.CSC1=CC(=O)NC1=O. The van der Waals surface area contributed by atoms with Gasteiger partial charge in [-0.3, -0.25) is 14.9 Å². The number of nitrogens with one attached hydrogen (secondary N) is 1. The molecule has 2 amide bonds. The Morgan fingerprint density at radius 3 is 1.77 bits per heavy atom. The van der Waals surface area contributed by atoms with Gasteiger partial charge < -0.3 is 0 Å². The number of carbonyl (C=O) groups is 2. The van der Waals surface area contributed by atoms with Gasteiger partial charge in [-0.2, -0.15) is 0 Å². The zero-order chi connectivity index (χ0) is 10.9. The van der Waals surface area contributed by atoms with E-state index in [1.807, 2.05) is 27.7 Å². The maximum absolute atomic E-state index is 10.6. The second kappa shape index (κ2) is 9.32. The van der Waals surface area contributed by atoms with Crippen LogP contribution in [0.15, 0.2) is 11.0 Å². The van der Waals surface area contributed by atoms with Crippen LogP contribution in [0.3, 0.4) is 0 Å². The van der Waals surface area contributed by atoms with Crippen molar-refractivity contribution in [2.75, 3.05) is 6.26 Å². The lowest BCUT2D eigenvalue weighted by molar-refractivity contribution is -0.123. The van der Waals surface area contributed by atoms with E-state index in [2.05, 4.69) is 5.32 Å². The van der Waals surface area contributed by atoms with Crippen molar-refractivity contribution in [3.8, 4) is 0 Å². The topological polar surface area (TPSA) is 46.2 Å². The zero-order valence-electron chi connectivity index (χ0n) is 8.80. The molecule has 0 aliphatic carbocycles. The van der Waals surface area contributed by atoms with Crippen LogP contribution in [0.4, 0.5) is 0 Å². The van der Waals surface area contributed by atoms with Crippen molar-refractivity contribution in [2.45, 2.75) is 27.7 Å². The van der Waals surface area contributed by atoms with E-state index in [0.29, 0.717) is 4.91 Å². The molecule has 0 atom stereocenters. The van der Waals surface area contributed by atoms with Crippen molar-refractivity contribution in [3.63, 3.8) is 0 Å². The molecule has 0 radical (unpaired) electrons. The molecule has 1 rings (SSSR count). The lowest BCUT2D eigenvalue weighted by atomic mass is 10.6. The molecule has 1 aliphatic rings. The monoisotopic (exact) mass is 203 g/mol. The molecule has 1 heterocycles. The minimum absolute atomic E-state index is 0.285. The molecule has 4 heteroatoms. The fraction of sp³-hybridized carbons (Fsp3) is 0.556. The van der Waals surface area contributed by atoms with Crippen LogP contribution < -0.4 is 5.32 Å². The Balaban J connectivity index is 0. The first-order chi connectivity index (χ1) is 6.24. The van der Waals surface area contributed by atoms with Gasteiger partial charge in [0.25, 0.3) is 11.8 Å². The van der Waals surface area contributed by atoms with Gasteiger partial charge in [0, 0.05) is 6.08 Å². The zero-order valence-corrected chi connectivity index (χ0v) is 9.62. The molecule has 0 saturated carbocycles. The van der Waals surface area contributed by atoms with Crippen LogP contribution in [-0.2, 0) is 9.59 Å². The third-order valence-electron chi connectivity index (χ3n) is 0.943. The van der Waals surface area contributed by atoms with Crippen LogP contribution in [0.1, 0.15) is 27.7 Å². The van der Waals surface area contributed by atoms with Gasteiger partial charge in [0.2, 0.25) is 0 Å². The van der Waals surface area contributed by atoms with Crippen molar-refractivity contribution in [2.24, 2.45) is 0 Å². The van der Waals surface area contributed by atoms with Gasteiger partial charge in [0.15, 0.2) is 0 Å². The quantitative estimate of drug-likeness (QED) is 0.662. The summed E-state index contributed by atoms with van der Waals surface area (Å²) in [7, 11) is 0. The van der Waals surface area contributed by atoms with E-state index < -0.39 is 0 Å². The summed E-state index contributed by atoms with van der Waals surface area (Å²) in [4.78, 5) is 21.5. The van der Waals surface area contributed by atoms with E-state index in [4.69, 9.17) is 0 Å². The van der Waals surface area contributed by atoms with E-state index in [9.17, 15) is 9.59 Å². The summed E-state index contributed by atoms with van der Waals surface area (Å²) in [6.45, 7) is 8.00. The summed E-state index contributed by atoms with van der Waals surface area (Å²) in [5.41, 5.74) is 0.